The average Bonchev–Trinajstić information content (AvgIpc) is 2.86. The summed E-state index contributed by atoms with van der Waals surface area (Å²) in [5.41, 5.74) is 1.71. The lowest BCUT2D eigenvalue weighted by Crippen LogP contribution is -2.45. The van der Waals surface area contributed by atoms with Gasteiger partial charge in [0.05, 0.1) is 24.9 Å². The Labute approximate surface area is 118 Å². The maximum atomic E-state index is 12.0. The van der Waals surface area contributed by atoms with Gasteiger partial charge in [-0.15, -0.1) is 0 Å². The van der Waals surface area contributed by atoms with Gasteiger partial charge in [-0.25, -0.2) is 4.79 Å². The van der Waals surface area contributed by atoms with Gasteiger partial charge in [0.2, 0.25) is 0 Å². The summed E-state index contributed by atoms with van der Waals surface area (Å²) in [5, 5.41) is 8.90. The van der Waals surface area contributed by atoms with Crippen LogP contribution in [0, 0.1) is 6.92 Å². The van der Waals surface area contributed by atoms with E-state index in [0.29, 0.717) is 18.0 Å². The highest BCUT2D eigenvalue weighted by molar-refractivity contribution is 5.91. The van der Waals surface area contributed by atoms with E-state index in [4.69, 9.17) is 9.47 Å². The number of carbonyl (C=O) groups excluding carboxylic acids is 1. The number of amides is 2. The minimum Gasteiger partial charge on any atom is -0.495 e. The summed E-state index contributed by atoms with van der Waals surface area (Å²) in [5.74, 6) is 0.638. The van der Waals surface area contributed by atoms with Gasteiger partial charge in [0.15, 0.2) is 0 Å². The number of benzene rings is 1. The van der Waals surface area contributed by atoms with E-state index in [1.54, 1.807) is 14.2 Å². The van der Waals surface area contributed by atoms with Crippen molar-refractivity contribution in [2.75, 3.05) is 32.6 Å². The summed E-state index contributed by atoms with van der Waals surface area (Å²) in [6.45, 7) is 3.41. The first kappa shape index (κ1) is 14.6. The van der Waals surface area contributed by atoms with Crippen molar-refractivity contribution in [1.29, 1.82) is 0 Å². The molecule has 0 unspecified atom stereocenters. The Morgan fingerprint density at radius 1 is 1.35 bits per heavy atom. The van der Waals surface area contributed by atoms with Crippen molar-refractivity contribution in [3.8, 4) is 5.75 Å². The Kier molecular flexibility index (Phi) is 4.81. The molecule has 1 aliphatic heterocycles. The Bertz CT molecular complexity index is 479. The summed E-state index contributed by atoms with van der Waals surface area (Å²) in [7, 11) is 3.23. The van der Waals surface area contributed by atoms with E-state index in [-0.39, 0.29) is 18.2 Å². The molecule has 0 spiro atoms. The first-order chi connectivity index (χ1) is 9.63. The smallest absolute Gasteiger partial charge is 0.319 e. The van der Waals surface area contributed by atoms with E-state index in [0.717, 1.165) is 12.1 Å². The first-order valence-electron chi connectivity index (χ1n) is 6.59. The quantitative estimate of drug-likeness (QED) is 0.772. The van der Waals surface area contributed by atoms with E-state index in [9.17, 15) is 4.79 Å². The van der Waals surface area contributed by atoms with E-state index in [2.05, 4.69) is 16.0 Å². The molecule has 0 aliphatic carbocycles. The van der Waals surface area contributed by atoms with Crippen LogP contribution in [0.3, 0.4) is 0 Å². The molecular formula is C14H21N3O3. The third-order valence-corrected chi connectivity index (χ3v) is 3.38. The fourth-order valence-corrected chi connectivity index (χ4v) is 2.29. The van der Waals surface area contributed by atoms with Crippen molar-refractivity contribution < 1.29 is 14.3 Å². The Hall–Kier alpha value is -1.79. The highest BCUT2D eigenvalue weighted by Crippen LogP contribution is 2.25. The van der Waals surface area contributed by atoms with E-state index in [1.807, 2.05) is 25.1 Å². The molecule has 2 rings (SSSR count). The minimum atomic E-state index is -0.260. The summed E-state index contributed by atoms with van der Waals surface area (Å²) in [6, 6.07) is 5.35. The molecule has 0 bridgehead atoms. The second kappa shape index (κ2) is 6.58. The first-order valence-corrected chi connectivity index (χ1v) is 6.59. The van der Waals surface area contributed by atoms with Crippen LogP contribution < -0.4 is 20.7 Å². The number of aryl methyl sites for hydroxylation is 1. The molecule has 0 radical (unpaired) electrons. The van der Waals surface area contributed by atoms with Crippen LogP contribution in [-0.2, 0) is 4.74 Å². The fraction of sp³-hybridized carbons (Fsp3) is 0.500. The predicted molar refractivity (Wildman–Crippen MR) is 77.3 cm³/mol. The van der Waals surface area contributed by atoms with E-state index >= 15 is 0 Å². The second-order valence-electron chi connectivity index (χ2n) is 4.84. The van der Waals surface area contributed by atoms with Crippen LogP contribution >= 0.6 is 0 Å². The molecule has 20 heavy (non-hydrogen) atoms. The van der Waals surface area contributed by atoms with Crippen molar-refractivity contribution in [1.82, 2.24) is 10.6 Å². The van der Waals surface area contributed by atoms with Crippen LogP contribution in [0.25, 0.3) is 0 Å². The standard InChI is InChI=1S/C14H21N3O3/c1-9-4-5-12(19-2)10(6-9)16-14(18)17-11-7-15-8-13(11)20-3/h4-6,11,13,15H,7-8H2,1-3H3,(H2,16,17,18)/t11-,13-/m0/s1. The van der Waals surface area contributed by atoms with Crippen LogP contribution in [-0.4, -0.2) is 45.5 Å². The van der Waals surface area contributed by atoms with Gasteiger partial charge >= 0.3 is 6.03 Å². The molecule has 0 aromatic heterocycles. The topological polar surface area (TPSA) is 71.6 Å². The maximum absolute atomic E-state index is 12.0. The van der Waals surface area contributed by atoms with Crippen molar-refractivity contribution in [2.45, 2.75) is 19.1 Å². The van der Waals surface area contributed by atoms with Gasteiger partial charge in [0, 0.05) is 20.2 Å². The molecule has 1 saturated heterocycles. The van der Waals surface area contributed by atoms with E-state index in [1.165, 1.54) is 0 Å². The molecule has 2 atom stereocenters. The third kappa shape index (κ3) is 3.40. The molecule has 1 aromatic rings. The van der Waals surface area contributed by atoms with Crippen molar-refractivity contribution in [3.05, 3.63) is 23.8 Å². The maximum Gasteiger partial charge on any atom is 0.319 e. The van der Waals surface area contributed by atoms with Crippen LogP contribution in [0.1, 0.15) is 5.56 Å². The molecule has 2 amide bonds. The largest absolute Gasteiger partial charge is 0.495 e. The number of hydrogen-bond donors (Lipinski definition) is 3. The zero-order chi connectivity index (χ0) is 14.5. The van der Waals surface area contributed by atoms with Gasteiger partial charge in [-0.05, 0) is 24.6 Å². The molecule has 6 nitrogen and oxygen atoms in total. The third-order valence-electron chi connectivity index (χ3n) is 3.38. The summed E-state index contributed by atoms with van der Waals surface area (Å²) >= 11 is 0. The zero-order valence-electron chi connectivity index (χ0n) is 12.0. The monoisotopic (exact) mass is 279 g/mol. The lowest BCUT2D eigenvalue weighted by atomic mass is 10.2. The van der Waals surface area contributed by atoms with Crippen LogP contribution in [0.5, 0.6) is 5.75 Å². The number of methoxy groups -OCH3 is 2. The predicted octanol–water partition coefficient (Wildman–Crippen LogP) is 1.11. The van der Waals surface area contributed by atoms with Gasteiger partial charge < -0.3 is 25.4 Å². The summed E-state index contributed by atoms with van der Waals surface area (Å²) < 4.78 is 10.5. The number of ether oxygens (including phenoxy) is 2. The summed E-state index contributed by atoms with van der Waals surface area (Å²) in [6.07, 6.45) is 0.000144. The molecule has 1 fully saturated rings. The molecule has 6 heteroatoms. The second-order valence-corrected chi connectivity index (χ2v) is 4.84. The van der Waals surface area contributed by atoms with Crippen LogP contribution in [0.15, 0.2) is 18.2 Å². The van der Waals surface area contributed by atoms with Crippen LogP contribution in [0.2, 0.25) is 0 Å². The number of carbonyl (C=O) groups is 1. The van der Waals surface area contributed by atoms with E-state index < -0.39 is 0 Å². The number of anilines is 1. The minimum absolute atomic E-state index is 0.000144. The Balaban J connectivity index is 1.99. The van der Waals surface area contributed by atoms with Crippen molar-refractivity contribution >= 4 is 11.7 Å². The van der Waals surface area contributed by atoms with Crippen molar-refractivity contribution in [3.63, 3.8) is 0 Å². The molecule has 1 aliphatic rings. The zero-order valence-corrected chi connectivity index (χ0v) is 12.0. The molecule has 110 valence electrons. The van der Waals surface area contributed by atoms with Crippen molar-refractivity contribution in [2.24, 2.45) is 0 Å². The lowest BCUT2D eigenvalue weighted by molar-refractivity contribution is 0.0991. The van der Waals surface area contributed by atoms with Gasteiger partial charge in [-0.2, -0.15) is 0 Å². The molecule has 3 N–H and O–H groups in total. The van der Waals surface area contributed by atoms with Gasteiger partial charge in [-0.3, -0.25) is 0 Å². The molecular weight excluding hydrogens is 258 g/mol. The number of hydrogen-bond acceptors (Lipinski definition) is 4. The molecule has 1 heterocycles. The van der Waals surface area contributed by atoms with Gasteiger partial charge in [0.1, 0.15) is 5.75 Å². The number of nitrogens with one attached hydrogen (secondary N) is 3. The SMILES string of the molecule is COc1ccc(C)cc1NC(=O)N[C@H]1CNC[C@@H]1OC. The lowest BCUT2D eigenvalue weighted by Gasteiger charge is -2.19. The average molecular weight is 279 g/mol. The van der Waals surface area contributed by atoms with Gasteiger partial charge in [0.25, 0.3) is 0 Å². The molecule has 1 aromatic carbocycles. The number of rotatable bonds is 4. The van der Waals surface area contributed by atoms with Gasteiger partial charge in [-0.1, -0.05) is 6.07 Å². The molecule has 0 saturated carbocycles. The number of urea groups is 1. The normalized spacial score (nSPS) is 21.6. The van der Waals surface area contributed by atoms with Crippen LogP contribution in [0.4, 0.5) is 10.5 Å². The highest BCUT2D eigenvalue weighted by Gasteiger charge is 2.28. The highest BCUT2D eigenvalue weighted by atomic mass is 16.5. The fourth-order valence-electron chi connectivity index (χ4n) is 2.29. The Morgan fingerprint density at radius 2 is 2.15 bits per heavy atom. The summed E-state index contributed by atoms with van der Waals surface area (Å²) in [4.78, 5) is 12.0. The Morgan fingerprint density at radius 3 is 2.85 bits per heavy atom.